The second kappa shape index (κ2) is 5.69. The van der Waals surface area contributed by atoms with Crippen molar-refractivity contribution in [1.82, 2.24) is 19.1 Å². The summed E-state index contributed by atoms with van der Waals surface area (Å²) in [6.07, 6.45) is 3.14. The van der Waals surface area contributed by atoms with Crippen molar-refractivity contribution in [2.45, 2.75) is 23.7 Å². The molecule has 1 saturated heterocycles. The predicted molar refractivity (Wildman–Crippen MR) is 82.6 cm³/mol. The van der Waals surface area contributed by atoms with Gasteiger partial charge in [0.1, 0.15) is 17.0 Å². The molecule has 0 saturated carbocycles. The lowest BCUT2D eigenvalue weighted by molar-refractivity contribution is 0.310. The zero-order valence-corrected chi connectivity index (χ0v) is 13.2. The summed E-state index contributed by atoms with van der Waals surface area (Å²) in [6, 6.07) is 6.59. The summed E-state index contributed by atoms with van der Waals surface area (Å²) in [5, 5.41) is 8.01. The molecule has 1 aliphatic rings. The van der Waals surface area contributed by atoms with E-state index in [1.807, 2.05) is 11.6 Å². The van der Waals surface area contributed by atoms with Crippen molar-refractivity contribution in [2.75, 3.05) is 18.8 Å². The molecule has 0 unspecified atom stereocenters. The van der Waals surface area contributed by atoms with Gasteiger partial charge in [-0.15, -0.1) is 10.2 Å². The van der Waals surface area contributed by atoms with Crippen molar-refractivity contribution in [3.8, 4) is 0 Å². The second-order valence-electron chi connectivity index (χ2n) is 5.52. The predicted octanol–water partition coefficient (Wildman–Crippen LogP) is 0.966. The van der Waals surface area contributed by atoms with Crippen LogP contribution in [0.15, 0.2) is 35.5 Å². The summed E-state index contributed by atoms with van der Waals surface area (Å²) in [4.78, 5) is 0.187. The van der Waals surface area contributed by atoms with Crippen molar-refractivity contribution < 1.29 is 8.42 Å². The lowest BCUT2D eigenvalue weighted by Gasteiger charge is -2.30. The highest BCUT2D eigenvalue weighted by Crippen LogP contribution is 2.30. The van der Waals surface area contributed by atoms with E-state index < -0.39 is 10.0 Å². The number of nitrogen functional groups attached to an aromatic ring is 1. The molecule has 2 aromatic rings. The van der Waals surface area contributed by atoms with Gasteiger partial charge in [-0.25, -0.2) is 8.42 Å². The molecule has 0 spiro atoms. The van der Waals surface area contributed by atoms with Crippen LogP contribution in [0.25, 0.3) is 0 Å². The Morgan fingerprint density at radius 3 is 2.50 bits per heavy atom. The first-order chi connectivity index (χ1) is 10.5. The molecule has 8 heteroatoms. The number of sulfonamides is 1. The van der Waals surface area contributed by atoms with Gasteiger partial charge in [-0.3, -0.25) is 0 Å². The Morgan fingerprint density at radius 2 is 1.91 bits per heavy atom. The molecule has 1 aromatic heterocycles. The fraction of sp³-hybridized carbons (Fsp3) is 0.429. The number of hydrogen-bond acceptors (Lipinski definition) is 5. The average Bonchev–Trinajstić information content (AvgIpc) is 2.94. The van der Waals surface area contributed by atoms with Crippen molar-refractivity contribution in [3.05, 3.63) is 36.4 Å². The average molecular weight is 321 g/mol. The Hall–Kier alpha value is -1.93. The van der Waals surface area contributed by atoms with Crippen LogP contribution in [0.2, 0.25) is 0 Å². The Labute approximate surface area is 129 Å². The maximum absolute atomic E-state index is 12.7. The number of piperidine rings is 1. The Kier molecular flexibility index (Phi) is 3.88. The maximum Gasteiger partial charge on any atom is 0.245 e. The fourth-order valence-electron chi connectivity index (χ4n) is 2.87. The van der Waals surface area contributed by atoms with Crippen LogP contribution in [0, 0.1) is 0 Å². The van der Waals surface area contributed by atoms with Gasteiger partial charge >= 0.3 is 0 Å². The topological polar surface area (TPSA) is 94.1 Å². The number of benzene rings is 1. The van der Waals surface area contributed by atoms with Crippen molar-refractivity contribution in [1.29, 1.82) is 0 Å². The summed E-state index contributed by atoms with van der Waals surface area (Å²) in [7, 11) is -1.62. The standard InChI is InChI=1S/C14H19N5O2S/c1-18-10-16-17-14(18)11-6-8-19(9-7-11)22(20,21)13-5-3-2-4-12(13)15/h2-5,10-11H,6-9,15H2,1H3. The number of aryl methyl sites for hydroxylation is 1. The van der Waals surface area contributed by atoms with Gasteiger partial charge in [0.15, 0.2) is 0 Å². The normalized spacial score (nSPS) is 17.7. The minimum Gasteiger partial charge on any atom is -0.398 e. The van der Waals surface area contributed by atoms with Crippen molar-refractivity contribution >= 4 is 15.7 Å². The largest absolute Gasteiger partial charge is 0.398 e. The molecule has 22 heavy (non-hydrogen) atoms. The van der Waals surface area contributed by atoms with Crippen LogP contribution in [-0.2, 0) is 17.1 Å². The molecule has 2 heterocycles. The summed E-state index contributed by atoms with van der Waals surface area (Å²) in [5.41, 5.74) is 6.10. The van der Waals surface area contributed by atoms with E-state index in [4.69, 9.17) is 5.73 Å². The lowest BCUT2D eigenvalue weighted by Crippen LogP contribution is -2.38. The summed E-state index contributed by atoms with van der Waals surface area (Å²) < 4.78 is 28.8. The molecule has 0 radical (unpaired) electrons. The third-order valence-electron chi connectivity index (χ3n) is 4.10. The fourth-order valence-corrected chi connectivity index (χ4v) is 4.46. The molecule has 0 amide bonds. The van der Waals surface area contributed by atoms with Crippen molar-refractivity contribution in [2.24, 2.45) is 7.05 Å². The quantitative estimate of drug-likeness (QED) is 0.850. The van der Waals surface area contributed by atoms with E-state index in [1.165, 1.54) is 4.31 Å². The Balaban J connectivity index is 1.76. The van der Waals surface area contributed by atoms with E-state index in [9.17, 15) is 8.42 Å². The molecule has 1 aliphatic heterocycles. The molecular formula is C14H19N5O2S. The Bertz CT molecular complexity index is 763. The minimum absolute atomic E-state index is 0.187. The van der Waals surface area contributed by atoms with Gasteiger partial charge in [-0.1, -0.05) is 12.1 Å². The van der Waals surface area contributed by atoms with Gasteiger partial charge in [-0.05, 0) is 25.0 Å². The van der Waals surface area contributed by atoms with Crippen LogP contribution in [0.3, 0.4) is 0 Å². The minimum atomic E-state index is -3.53. The molecular weight excluding hydrogens is 302 g/mol. The van der Waals surface area contributed by atoms with Crippen LogP contribution in [0.5, 0.6) is 0 Å². The third kappa shape index (κ3) is 2.59. The first-order valence-corrected chi connectivity index (χ1v) is 8.62. The van der Waals surface area contributed by atoms with E-state index in [0.717, 1.165) is 18.7 Å². The molecule has 3 rings (SSSR count). The summed E-state index contributed by atoms with van der Waals surface area (Å²) >= 11 is 0. The highest BCUT2D eigenvalue weighted by molar-refractivity contribution is 7.89. The summed E-state index contributed by atoms with van der Waals surface area (Å²) in [5.74, 6) is 1.16. The van der Waals surface area contributed by atoms with Gasteiger partial charge < -0.3 is 10.3 Å². The Morgan fingerprint density at radius 1 is 1.23 bits per heavy atom. The first kappa shape index (κ1) is 15.0. The van der Waals surface area contributed by atoms with Gasteiger partial charge in [0.05, 0.1) is 5.69 Å². The molecule has 2 N–H and O–H groups in total. The zero-order chi connectivity index (χ0) is 15.7. The third-order valence-corrected chi connectivity index (χ3v) is 6.07. The van der Waals surface area contributed by atoms with E-state index >= 15 is 0 Å². The molecule has 0 bridgehead atoms. The number of aromatic nitrogens is 3. The molecule has 118 valence electrons. The van der Waals surface area contributed by atoms with E-state index in [1.54, 1.807) is 30.6 Å². The molecule has 1 aromatic carbocycles. The van der Waals surface area contributed by atoms with Gasteiger partial charge in [0.2, 0.25) is 10.0 Å². The van der Waals surface area contributed by atoms with Crippen LogP contribution in [-0.4, -0.2) is 40.6 Å². The van der Waals surface area contributed by atoms with Crippen LogP contribution in [0.1, 0.15) is 24.6 Å². The number of nitrogens with zero attached hydrogens (tertiary/aromatic N) is 4. The monoisotopic (exact) mass is 321 g/mol. The van der Waals surface area contributed by atoms with E-state index in [0.29, 0.717) is 13.1 Å². The number of hydrogen-bond donors (Lipinski definition) is 1. The number of para-hydroxylation sites is 1. The van der Waals surface area contributed by atoms with Crippen molar-refractivity contribution in [3.63, 3.8) is 0 Å². The van der Waals surface area contributed by atoms with E-state index in [2.05, 4.69) is 10.2 Å². The molecule has 7 nitrogen and oxygen atoms in total. The highest BCUT2D eigenvalue weighted by atomic mass is 32.2. The summed E-state index contributed by atoms with van der Waals surface area (Å²) in [6.45, 7) is 0.933. The van der Waals surface area contributed by atoms with Gasteiger partial charge in [0, 0.05) is 26.1 Å². The first-order valence-electron chi connectivity index (χ1n) is 7.18. The molecule has 1 fully saturated rings. The van der Waals surface area contributed by atoms with Crippen LogP contribution in [0.4, 0.5) is 5.69 Å². The number of rotatable bonds is 3. The zero-order valence-electron chi connectivity index (χ0n) is 12.4. The molecule has 0 aliphatic carbocycles. The van der Waals surface area contributed by atoms with Gasteiger partial charge in [0.25, 0.3) is 0 Å². The van der Waals surface area contributed by atoms with Crippen LogP contribution < -0.4 is 5.73 Å². The number of nitrogens with two attached hydrogens (primary N) is 1. The highest BCUT2D eigenvalue weighted by Gasteiger charge is 2.32. The maximum atomic E-state index is 12.7. The number of anilines is 1. The smallest absolute Gasteiger partial charge is 0.245 e. The lowest BCUT2D eigenvalue weighted by atomic mass is 9.97. The van der Waals surface area contributed by atoms with E-state index in [-0.39, 0.29) is 16.5 Å². The second-order valence-corrected chi connectivity index (χ2v) is 7.42. The van der Waals surface area contributed by atoms with Gasteiger partial charge in [-0.2, -0.15) is 4.31 Å². The van der Waals surface area contributed by atoms with Crippen LogP contribution >= 0.6 is 0 Å². The molecule has 0 atom stereocenters. The SMILES string of the molecule is Cn1cnnc1C1CCN(S(=O)(=O)c2ccccc2N)CC1.